The van der Waals surface area contributed by atoms with E-state index in [-0.39, 0.29) is 11.4 Å². The number of anilines is 1. The van der Waals surface area contributed by atoms with Crippen LogP contribution >= 0.6 is 11.8 Å². The van der Waals surface area contributed by atoms with Crippen LogP contribution in [0.15, 0.2) is 48.5 Å². The van der Waals surface area contributed by atoms with E-state index in [1.165, 1.54) is 7.05 Å². The Morgan fingerprint density at radius 1 is 1.24 bits per heavy atom. The molecule has 8 nitrogen and oxygen atoms in total. The van der Waals surface area contributed by atoms with Gasteiger partial charge in [0.2, 0.25) is 0 Å². The van der Waals surface area contributed by atoms with Crippen molar-refractivity contribution in [3.8, 4) is 5.75 Å². The molecule has 1 unspecified atom stereocenters. The van der Waals surface area contributed by atoms with Gasteiger partial charge in [-0.05, 0) is 44.4 Å². The molecule has 0 radical (unpaired) electrons. The van der Waals surface area contributed by atoms with Gasteiger partial charge in [-0.3, -0.25) is 19.9 Å². The van der Waals surface area contributed by atoms with Gasteiger partial charge in [-0.2, -0.15) is 0 Å². The quantitative estimate of drug-likeness (QED) is 0.467. The lowest BCUT2D eigenvalue weighted by molar-refractivity contribution is -0.141. The topological polar surface area (TPSA) is 102 Å². The standard InChI is InChI=1S/C25H33N3O5S/c1-17-10-11-19(27(4)32)13-21(17)33-14-22(29)26-20(12-18-8-6-5-7-9-18)23(30)24(31)28-15-25(2,3)34-16-28/h5-11,13,20,23,30,32H,12,14-16H2,1-4H3,(H,26,29)/t20?,23-/m0/s1. The third-order valence-electron chi connectivity index (χ3n) is 5.68. The van der Waals surface area contributed by atoms with Crippen molar-refractivity contribution in [1.29, 1.82) is 0 Å². The Balaban J connectivity index is 1.69. The maximum Gasteiger partial charge on any atom is 0.258 e. The summed E-state index contributed by atoms with van der Waals surface area (Å²) in [7, 11) is 1.49. The zero-order valence-corrected chi connectivity index (χ0v) is 20.8. The summed E-state index contributed by atoms with van der Waals surface area (Å²) in [6, 6.07) is 13.8. The van der Waals surface area contributed by atoms with E-state index in [0.29, 0.717) is 30.3 Å². The van der Waals surface area contributed by atoms with Crippen molar-refractivity contribution < 1.29 is 24.6 Å². The Labute approximate surface area is 204 Å². The number of nitrogens with zero attached hydrogens (tertiary/aromatic N) is 2. The highest BCUT2D eigenvalue weighted by molar-refractivity contribution is 8.00. The lowest BCUT2D eigenvalue weighted by atomic mass is 10.00. The van der Waals surface area contributed by atoms with Crippen molar-refractivity contribution in [3.05, 3.63) is 59.7 Å². The van der Waals surface area contributed by atoms with Crippen molar-refractivity contribution in [1.82, 2.24) is 10.2 Å². The average molecular weight is 488 g/mol. The van der Waals surface area contributed by atoms with E-state index >= 15 is 0 Å². The first-order valence-electron chi connectivity index (χ1n) is 11.2. The molecular formula is C25H33N3O5S. The predicted molar refractivity (Wildman–Crippen MR) is 133 cm³/mol. The number of carbonyl (C=O) groups excluding carboxylic acids is 2. The fourth-order valence-electron chi connectivity index (χ4n) is 3.75. The van der Waals surface area contributed by atoms with Gasteiger partial charge in [-0.1, -0.05) is 36.4 Å². The number of hydroxylamine groups is 1. The minimum absolute atomic E-state index is 0.0730. The molecule has 3 N–H and O–H groups in total. The second kappa shape index (κ2) is 11.1. The fraction of sp³-hybridized carbons (Fsp3) is 0.440. The summed E-state index contributed by atoms with van der Waals surface area (Å²) >= 11 is 1.66. The molecule has 1 heterocycles. The van der Waals surface area contributed by atoms with E-state index < -0.39 is 24.0 Å². The zero-order valence-electron chi connectivity index (χ0n) is 20.0. The molecule has 34 heavy (non-hydrogen) atoms. The third-order valence-corrected chi connectivity index (χ3v) is 7.03. The number of carbonyl (C=O) groups is 2. The number of aliphatic hydroxyl groups excluding tert-OH is 1. The third kappa shape index (κ3) is 6.88. The van der Waals surface area contributed by atoms with Crippen LogP contribution in [0.1, 0.15) is 25.0 Å². The van der Waals surface area contributed by atoms with Crippen LogP contribution in [0.4, 0.5) is 5.69 Å². The van der Waals surface area contributed by atoms with Gasteiger partial charge in [0.15, 0.2) is 12.7 Å². The number of aliphatic hydroxyl groups is 1. The lowest BCUT2D eigenvalue weighted by Crippen LogP contribution is -2.53. The van der Waals surface area contributed by atoms with Gasteiger partial charge in [-0.15, -0.1) is 11.8 Å². The monoisotopic (exact) mass is 487 g/mol. The molecule has 1 fully saturated rings. The van der Waals surface area contributed by atoms with Crippen LogP contribution in [-0.4, -0.2) is 70.0 Å². The molecule has 0 aromatic heterocycles. The maximum absolute atomic E-state index is 13.0. The van der Waals surface area contributed by atoms with E-state index in [0.717, 1.165) is 16.2 Å². The van der Waals surface area contributed by atoms with Gasteiger partial charge in [0.05, 0.1) is 17.6 Å². The maximum atomic E-state index is 13.0. The molecule has 1 saturated heterocycles. The van der Waals surface area contributed by atoms with Crippen LogP contribution < -0.4 is 15.1 Å². The molecular weight excluding hydrogens is 454 g/mol. The second-order valence-corrected chi connectivity index (χ2v) is 10.8. The highest BCUT2D eigenvalue weighted by Crippen LogP contribution is 2.33. The summed E-state index contributed by atoms with van der Waals surface area (Å²) in [5, 5.41) is 24.3. The van der Waals surface area contributed by atoms with Crippen LogP contribution in [0.3, 0.4) is 0 Å². The number of hydrogen-bond donors (Lipinski definition) is 3. The van der Waals surface area contributed by atoms with Crippen LogP contribution in [0, 0.1) is 6.92 Å². The Kier molecular flexibility index (Phi) is 8.46. The van der Waals surface area contributed by atoms with Crippen molar-refractivity contribution >= 4 is 29.3 Å². The molecule has 3 rings (SSSR count). The number of hydrogen-bond acceptors (Lipinski definition) is 7. The molecule has 2 aromatic rings. The number of thioether (sulfide) groups is 1. The molecule has 1 aliphatic rings. The lowest BCUT2D eigenvalue weighted by Gasteiger charge is -2.27. The Morgan fingerprint density at radius 3 is 2.56 bits per heavy atom. The molecule has 0 aliphatic carbocycles. The Bertz CT molecular complexity index is 999. The van der Waals surface area contributed by atoms with E-state index in [9.17, 15) is 19.9 Å². The first kappa shape index (κ1) is 25.9. The van der Waals surface area contributed by atoms with Gasteiger partial charge in [0, 0.05) is 24.4 Å². The summed E-state index contributed by atoms with van der Waals surface area (Å²) in [5.74, 6) is 0.120. The minimum Gasteiger partial charge on any atom is -0.483 e. The van der Waals surface area contributed by atoms with Crippen LogP contribution in [0.2, 0.25) is 0 Å². The molecule has 0 spiro atoms. The second-order valence-electron chi connectivity index (χ2n) is 9.14. The number of nitrogens with one attached hydrogen (secondary N) is 1. The predicted octanol–water partition coefficient (Wildman–Crippen LogP) is 2.60. The SMILES string of the molecule is Cc1ccc(N(C)O)cc1OCC(=O)NC(Cc1ccccc1)[C@H](O)C(=O)N1CSC(C)(C)C1. The summed E-state index contributed by atoms with van der Waals surface area (Å²) < 4.78 is 5.60. The van der Waals surface area contributed by atoms with Gasteiger partial charge in [-0.25, -0.2) is 0 Å². The summed E-state index contributed by atoms with van der Waals surface area (Å²) in [4.78, 5) is 27.4. The highest BCUT2D eigenvalue weighted by atomic mass is 32.2. The Hall–Kier alpha value is -2.75. The molecule has 2 atom stereocenters. The van der Waals surface area contributed by atoms with Gasteiger partial charge in [0.1, 0.15) is 5.75 Å². The molecule has 9 heteroatoms. The Morgan fingerprint density at radius 2 is 1.94 bits per heavy atom. The largest absolute Gasteiger partial charge is 0.483 e. The van der Waals surface area contributed by atoms with Crippen molar-refractivity contribution in [3.63, 3.8) is 0 Å². The van der Waals surface area contributed by atoms with E-state index in [1.807, 2.05) is 37.3 Å². The van der Waals surface area contributed by atoms with E-state index in [4.69, 9.17) is 4.74 Å². The van der Waals surface area contributed by atoms with E-state index in [2.05, 4.69) is 19.2 Å². The summed E-state index contributed by atoms with van der Waals surface area (Å²) in [6.45, 7) is 6.20. The normalized spacial score (nSPS) is 16.6. The molecule has 1 aliphatic heterocycles. The highest BCUT2D eigenvalue weighted by Gasteiger charge is 2.38. The first-order chi connectivity index (χ1) is 16.1. The van der Waals surface area contributed by atoms with Gasteiger partial charge >= 0.3 is 0 Å². The number of aryl methyl sites for hydroxylation is 1. The van der Waals surface area contributed by atoms with E-state index in [1.54, 1.807) is 34.9 Å². The molecule has 0 saturated carbocycles. The van der Waals surface area contributed by atoms with Crippen molar-refractivity contribution in [2.75, 3.05) is 31.1 Å². The van der Waals surface area contributed by atoms with Gasteiger partial charge < -0.3 is 20.1 Å². The summed E-state index contributed by atoms with van der Waals surface area (Å²) in [5.41, 5.74) is 2.23. The molecule has 0 bridgehead atoms. The van der Waals surface area contributed by atoms with Crippen molar-refractivity contribution in [2.45, 2.75) is 44.1 Å². The van der Waals surface area contributed by atoms with Crippen molar-refractivity contribution in [2.24, 2.45) is 0 Å². The molecule has 2 amide bonds. The minimum atomic E-state index is -1.38. The average Bonchev–Trinajstić information content (AvgIpc) is 3.17. The molecule has 184 valence electrons. The number of rotatable bonds is 9. The van der Waals surface area contributed by atoms with Gasteiger partial charge in [0.25, 0.3) is 11.8 Å². The van der Waals surface area contributed by atoms with Crippen LogP contribution in [-0.2, 0) is 16.0 Å². The first-order valence-corrected chi connectivity index (χ1v) is 12.1. The smallest absolute Gasteiger partial charge is 0.258 e. The van der Waals surface area contributed by atoms with Crippen LogP contribution in [0.25, 0.3) is 0 Å². The number of amides is 2. The zero-order chi connectivity index (χ0) is 24.9. The summed E-state index contributed by atoms with van der Waals surface area (Å²) in [6.07, 6.45) is -1.08. The number of ether oxygens (including phenoxy) is 1. The fourth-order valence-corrected chi connectivity index (χ4v) is 4.72. The molecule has 2 aromatic carbocycles. The number of benzene rings is 2. The van der Waals surface area contributed by atoms with Crippen LogP contribution in [0.5, 0.6) is 5.75 Å².